The predicted molar refractivity (Wildman–Crippen MR) is 201 cm³/mol. The van der Waals surface area contributed by atoms with E-state index in [4.69, 9.17) is 21.3 Å². The van der Waals surface area contributed by atoms with Crippen molar-refractivity contribution in [1.82, 2.24) is 39.6 Å². The molecule has 1 aliphatic heterocycles. The number of aromatic nitrogens is 7. The van der Waals surface area contributed by atoms with Crippen molar-refractivity contribution in [1.29, 1.82) is 0 Å². The quantitative estimate of drug-likeness (QED) is 0.127. The molecule has 1 saturated heterocycles. The standard InChI is InChI=1S/C38H32ClF6N9O4S/c1-52-34-23(3-4-27(39)31(34)37(50-52)51-59(2,56)57)24-8-18(19-12-47-53(13-19)22-15-58-16-22)11-46-32(24)28(7-17-5-20(40)9-21(41)6-17)48-29(55)14-54-35-30(33(49-54)36(42)43)25-10-26(25)38(35,44)45/h3-6,8-9,11-13,22,25-26,28,36H,7,10,14-16H2,1-2H3,(H,48,55)(H,50,51)/t25-,26+,28?/m0/s1. The van der Waals surface area contributed by atoms with Gasteiger partial charge in [0.2, 0.25) is 15.9 Å². The van der Waals surface area contributed by atoms with Gasteiger partial charge in [-0.25, -0.2) is 26.0 Å². The number of rotatable bonds is 12. The molecule has 21 heteroatoms. The molecule has 5 heterocycles. The van der Waals surface area contributed by atoms with Crippen molar-refractivity contribution in [3.8, 4) is 22.3 Å². The number of amides is 1. The Morgan fingerprint density at radius 2 is 1.78 bits per heavy atom. The lowest BCUT2D eigenvalue weighted by Gasteiger charge is -2.26. The first-order chi connectivity index (χ1) is 28.0. The Balaban J connectivity index is 1.19. The number of benzene rings is 2. The van der Waals surface area contributed by atoms with Crippen LogP contribution in [-0.2, 0) is 45.5 Å². The number of nitrogens with zero attached hydrogens (tertiary/aromatic N) is 7. The zero-order valence-electron chi connectivity index (χ0n) is 30.9. The SMILES string of the molecule is Cn1nc(NS(C)(=O)=O)c2c(Cl)ccc(-c3cc(-c4cnn(C5COC5)c4)cnc3C(Cc3cc(F)cc(F)c3)NC(=O)Cn3nc(C(F)F)c4c3C(F)(F)[C@@H]3C[C@H]43)c21. The summed E-state index contributed by atoms with van der Waals surface area (Å²) in [5, 5.41) is 15.7. The molecule has 308 valence electrons. The lowest BCUT2D eigenvalue weighted by molar-refractivity contribution is -0.123. The highest BCUT2D eigenvalue weighted by atomic mass is 35.5. The largest absolute Gasteiger partial charge is 0.377 e. The highest BCUT2D eigenvalue weighted by Crippen LogP contribution is 2.68. The minimum absolute atomic E-state index is 0.0198. The Labute approximate surface area is 336 Å². The molecule has 59 heavy (non-hydrogen) atoms. The van der Waals surface area contributed by atoms with Gasteiger partial charge in [0, 0.05) is 59.2 Å². The van der Waals surface area contributed by atoms with Crippen LogP contribution in [0.15, 0.2) is 55.0 Å². The second-order valence-electron chi connectivity index (χ2n) is 15.0. The van der Waals surface area contributed by atoms with E-state index in [9.17, 15) is 30.8 Å². The van der Waals surface area contributed by atoms with Crippen LogP contribution in [0.1, 0.15) is 59.1 Å². The average molecular weight is 860 g/mol. The molecule has 0 spiro atoms. The van der Waals surface area contributed by atoms with E-state index in [2.05, 4.69) is 25.3 Å². The molecule has 13 nitrogen and oxygen atoms in total. The maximum absolute atomic E-state index is 15.4. The molecule has 9 rings (SSSR count). The molecule has 0 radical (unpaired) electrons. The topological polar surface area (TPSA) is 151 Å². The molecule has 3 aliphatic rings. The van der Waals surface area contributed by atoms with Crippen LogP contribution < -0.4 is 10.0 Å². The number of carbonyl (C=O) groups excluding carboxylic acids is 1. The van der Waals surface area contributed by atoms with Crippen molar-refractivity contribution in [2.45, 2.75) is 49.7 Å². The summed E-state index contributed by atoms with van der Waals surface area (Å²) in [6.07, 6.45) is 2.46. The number of alkyl halides is 4. The summed E-state index contributed by atoms with van der Waals surface area (Å²) in [7, 11) is -2.27. The van der Waals surface area contributed by atoms with Crippen molar-refractivity contribution >= 4 is 44.3 Å². The molecule has 2 aliphatic carbocycles. The Bertz CT molecular complexity index is 2790. The van der Waals surface area contributed by atoms with Crippen LogP contribution in [0.25, 0.3) is 33.2 Å². The van der Waals surface area contributed by atoms with Crippen LogP contribution in [0.5, 0.6) is 0 Å². The molecule has 2 aromatic carbocycles. The fourth-order valence-electron chi connectivity index (χ4n) is 8.17. The molecule has 1 amide bonds. The highest BCUT2D eigenvalue weighted by Gasteiger charge is 2.67. The van der Waals surface area contributed by atoms with Crippen molar-refractivity contribution in [2.24, 2.45) is 13.0 Å². The first-order valence-electron chi connectivity index (χ1n) is 18.2. The van der Waals surface area contributed by atoms with Gasteiger partial charge < -0.3 is 10.1 Å². The number of halogens is 7. The summed E-state index contributed by atoms with van der Waals surface area (Å²) < 4.78 is 124. The highest BCUT2D eigenvalue weighted by molar-refractivity contribution is 7.92. The molecule has 0 bridgehead atoms. The van der Waals surface area contributed by atoms with Gasteiger partial charge >= 0.3 is 0 Å². The number of ether oxygens (including phenoxy) is 1. The van der Waals surface area contributed by atoms with E-state index in [0.717, 1.165) is 18.4 Å². The Morgan fingerprint density at radius 3 is 2.46 bits per heavy atom. The van der Waals surface area contributed by atoms with Crippen molar-refractivity contribution in [2.75, 3.05) is 24.2 Å². The van der Waals surface area contributed by atoms with Gasteiger partial charge in [0.15, 0.2) is 5.82 Å². The van der Waals surface area contributed by atoms with Crippen molar-refractivity contribution in [3.63, 3.8) is 0 Å². The van der Waals surface area contributed by atoms with Crippen LogP contribution in [0.4, 0.5) is 32.2 Å². The first-order valence-corrected chi connectivity index (χ1v) is 20.5. The number of carbonyl (C=O) groups is 1. The van der Waals surface area contributed by atoms with Crippen LogP contribution in [0.2, 0.25) is 5.02 Å². The summed E-state index contributed by atoms with van der Waals surface area (Å²) in [5.41, 5.74) is 0.668. The second kappa shape index (κ2) is 14.1. The lowest BCUT2D eigenvalue weighted by atomic mass is 9.92. The van der Waals surface area contributed by atoms with E-state index in [1.54, 1.807) is 36.3 Å². The van der Waals surface area contributed by atoms with Gasteiger partial charge in [0.1, 0.15) is 29.6 Å². The maximum Gasteiger partial charge on any atom is 0.293 e. The fraction of sp³-hybridized carbons (Fsp3) is 0.342. The average Bonchev–Trinajstić information content (AvgIpc) is 3.34. The number of fused-ring (bicyclic) bond motifs is 4. The van der Waals surface area contributed by atoms with Gasteiger partial charge in [-0.2, -0.15) is 24.1 Å². The number of aryl methyl sites for hydroxylation is 1. The smallest absolute Gasteiger partial charge is 0.293 e. The number of hydrogen-bond donors (Lipinski definition) is 2. The van der Waals surface area contributed by atoms with Crippen LogP contribution in [0.3, 0.4) is 0 Å². The molecule has 1 unspecified atom stereocenters. The second-order valence-corrected chi connectivity index (χ2v) is 17.2. The monoisotopic (exact) mass is 859 g/mol. The van der Waals surface area contributed by atoms with Gasteiger partial charge in [-0.1, -0.05) is 17.7 Å². The first kappa shape index (κ1) is 39.0. The van der Waals surface area contributed by atoms with Crippen LogP contribution in [0, 0.1) is 17.6 Å². The number of nitrogens with one attached hydrogen (secondary N) is 2. The molecular weight excluding hydrogens is 828 g/mol. The molecule has 2 fully saturated rings. The van der Waals surface area contributed by atoms with Crippen molar-refractivity contribution in [3.05, 3.63) is 99.9 Å². The summed E-state index contributed by atoms with van der Waals surface area (Å²) in [6, 6.07) is 6.43. The van der Waals surface area contributed by atoms with Gasteiger partial charge in [-0.05, 0) is 48.6 Å². The number of sulfonamides is 1. The number of anilines is 1. The minimum atomic E-state index is -3.83. The van der Waals surface area contributed by atoms with Gasteiger partial charge in [0.25, 0.3) is 12.3 Å². The fourth-order valence-corrected chi connectivity index (χ4v) is 8.90. The molecule has 3 atom stereocenters. The summed E-state index contributed by atoms with van der Waals surface area (Å²) in [5.74, 6) is -8.25. The third-order valence-electron chi connectivity index (χ3n) is 10.8. The van der Waals surface area contributed by atoms with Crippen LogP contribution in [-0.4, -0.2) is 68.1 Å². The third kappa shape index (κ3) is 6.99. The van der Waals surface area contributed by atoms with E-state index < -0.39 is 75.7 Å². The normalized spacial score (nSPS) is 18.8. The molecular formula is C38H32ClF6N9O4S. The molecule has 1 saturated carbocycles. The van der Waals surface area contributed by atoms with E-state index >= 15 is 8.78 Å². The van der Waals surface area contributed by atoms with E-state index in [1.807, 2.05) is 0 Å². The van der Waals surface area contributed by atoms with E-state index in [1.165, 1.54) is 16.9 Å². The summed E-state index contributed by atoms with van der Waals surface area (Å²) >= 11 is 6.66. The summed E-state index contributed by atoms with van der Waals surface area (Å²) in [6.45, 7) is 0.0631. The third-order valence-corrected chi connectivity index (χ3v) is 11.7. The number of pyridine rings is 1. The Hall–Kier alpha value is -5.47. The van der Waals surface area contributed by atoms with E-state index in [0.29, 0.717) is 51.7 Å². The molecule has 4 aromatic heterocycles. The predicted octanol–water partition coefficient (Wildman–Crippen LogP) is 6.82. The summed E-state index contributed by atoms with van der Waals surface area (Å²) in [4.78, 5) is 18.8. The maximum atomic E-state index is 15.4. The van der Waals surface area contributed by atoms with Crippen LogP contribution >= 0.6 is 11.6 Å². The molecule has 2 N–H and O–H groups in total. The van der Waals surface area contributed by atoms with Crippen molar-refractivity contribution < 1.29 is 44.3 Å². The minimum Gasteiger partial charge on any atom is -0.377 e. The van der Waals surface area contributed by atoms with Gasteiger partial charge in [-0.3, -0.25) is 28.5 Å². The van der Waals surface area contributed by atoms with E-state index in [-0.39, 0.29) is 51.9 Å². The van der Waals surface area contributed by atoms with Gasteiger partial charge in [0.05, 0.1) is 59.4 Å². The van der Waals surface area contributed by atoms with Gasteiger partial charge in [-0.15, -0.1) is 0 Å². The zero-order chi connectivity index (χ0) is 41.7. The lowest BCUT2D eigenvalue weighted by Crippen LogP contribution is -2.35. The Kier molecular flexibility index (Phi) is 9.31. The Morgan fingerprint density at radius 1 is 1.03 bits per heavy atom. The number of hydrogen-bond acceptors (Lipinski definition) is 8. The molecule has 6 aromatic rings. The zero-order valence-corrected chi connectivity index (χ0v) is 32.5.